The summed E-state index contributed by atoms with van der Waals surface area (Å²) in [5.74, 6) is 0. The van der Waals surface area contributed by atoms with Crippen molar-refractivity contribution in [1.82, 2.24) is 5.32 Å². The Morgan fingerprint density at radius 1 is 0.229 bits per heavy atom. The molecule has 0 spiro atoms. The number of hydrogen-bond acceptors (Lipinski definition) is 1. The molecule has 0 fully saturated rings. The summed E-state index contributed by atoms with van der Waals surface area (Å²) in [7, 11) is 0. The summed E-state index contributed by atoms with van der Waals surface area (Å²) >= 11 is 0. The van der Waals surface area contributed by atoms with Gasteiger partial charge in [-0.15, -0.1) is 0 Å². The standard InChI is InChI=1S/C34H71N/c1-3-5-7-9-11-13-15-17-18-19-20-21-22-24-26-28-30-32-34-35-33-31-29-27-25-23-16-14-12-10-8-6-4-2/h35H,3-34H2,1-2H3. The predicted octanol–water partition coefficient (Wildman–Crippen LogP) is 12.3. The van der Waals surface area contributed by atoms with Gasteiger partial charge in [0.05, 0.1) is 0 Å². The first kappa shape index (κ1) is 35.0. The van der Waals surface area contributed by atoms with Crippen molar-refractivity contribution >= 4 is 0 Å². The first-order chi connectivity index (χ1) is 17.4. The van der Waals surface area contributed by atoms with Crippen LogP contribution in [0.4, 0.5) is 0 Å². The highest BCUT2D eigenvalue weighted by molar-refractivity contribution is 4.54. The minimum Gasteiger partial charge on any atom is -0.317 e. The minimum atomic E-state index is 1.25. The zero-order valence-electron chi connectivity index (χ0n) is 25.1. The van der Waals surface area contributed by atoms with Crippen LogP contribution in [0.25, 0.3) is 0 Å². The minimum absolute atomic E-state index is 1.25. The highest BCUT2D eigenvalue weighted by Gasteiger charge is 1.96. The molecule has 0 aliphatic rings. The third-order valence-corrected chi connectivity index (χ3v) is 7.91. The molecular weight excluding hydrogens is 422 g/mol. The summed E-state index contributed by atoms with van der Waals surface area (Å²) in [6.07, 6.45) is 43.7. The molecule has 0 aromatic carbocycles. The summed E-state index contributed by atoms with van der Waals surface area (Å²) in [5, 5.41) is 3.68. The van der Waals surface area contributed by atoms with Crippen LogP contribution in [0.1, 0.15) is 206 Å². The largest absolute Gasteiger partial charge is 0.317 e. The van der Waals surface area contributed by atoms with Crippen LogP contribution in [0, 0.1) is 0 Å². The van der Waals surface area contributed by atoms with Crippen molar-refractivity contribution in [2.45, 2.75) is 206 Å². The molecule has 0 unspecified atom stereocenters. The summed E-state index contributed by atoms with van der Waals surface area (Å²) in [5.41, 5.74) is 0. The van der Waals surface area contributed by atoms with Gasteiger partial charge in [-0.2, -0.15) is 0 Å². The summed E-state index contributed by atoms with van der Waals surface area (Å²) in [4.78, 5) is 0. The molecule has 0 aliphatic carbocycles. The fourth-order valence-corrected chi connectivity index (χ4v) is 5.37. The molecule has 212 valence electrons. The van der Waals surface area contributed by atoms with Crippen LogP contribution < -0.4 is 5.32 Å². The Kier molecular flexibility index (Phi) is 33.9. The lowest BCUT2D eigenvalue weighted by Crippen LogP contribution is -2.16. The van der Waals surface area contributed by atoms with Gasteiger partial charge in [0.2, 0.25) is 0 Å². The van der Waals surface area contributed by atoms with E-state index in [1.165, 1.54) is 206 Å². The van der Waals surface area contributed by atoms with E-state index in [0.717, 1.165) is 0 Å². The molecule has 0 heterocycles. The van der Waals surface area contributed by atoms with Crippen LogP contribution in [-0.4, -0.2) is 13.1 Å². The monoisotopic (exact) mass is 494 g/mol. The van der Waals surface area contributed by atoms with Crippen molar-refractivity contribution in [3.8, 4) is 0 Å². The van der Waals surface area contributed by atoms with Crippen molar-refractivity contribution in [3.05, 3.63) is 0 Å². The van der Waals surface area contributed by atoms with Gasteiger partial charge in [0.25, 0.3) is 0 Å². The van der Waals surface area contributed by atoms with E-state index in [9.17, 15) is 0 Å². The maximum absolute atomic E-state index is 3.68. The molecule has 0 atom stereocenters. The molecule has 1 heteroatoms. The number of unbranched alkanes of at least 4 members (excludes halogenated alkanes) is 28. The number of hydrogen-bond donors (Lipinski definition) is 1. The Hall–Kier alpha value is -0.0400. The Labute approximate surface area is 224 Å². The normalized spacial score (nSPS) is 11.5. The zero-order valence-corrected chi connectivity index (χ0v) is 25.1. The van der Waals surface area contributed by atoms with Gasteiger partial charge < -0.3 is 5.32 Å². The molecule has 0 saturated carbocycles. The highest BCUT2D eigenvalue weighted by atomic mass is 14.8. The third kappa shape index (κ3) is 34.0. The van der Waals surface area contributed by atoms with Crippen molar-refractivity contribution in [3.63, 3.8) is 0 Å². The molecule has 0 saturated heterocycles. The average molecular weight is 494 g/mol. The fraction of sp³-hybridized carbons (Fsp3) is 1.00. The lowest BCUT2D eigenvalue weighted by molar-refractivity contribution is 0.516. The summed E-state index contributed by atoms with van der Waals surface area (Å²) in [6, 6.07) is 0. The van der Waals surface area contributed by atoms with Crippen LogP contribution >= 0.6 is 0 Å². The van der Waals surface area contributed by atoms with E-state index in [4.69, 9.17) is 0 Å². The molecule has 0 radical (unpaired) electrons. The van der Waals surface area contributed by atoms with E-state index in [1.54, 1.807) is 0 Å². The summed E-state index contributed by atoms with van der Waals surface area (Å²) < 4.78 is 0. The molecule has 0 rings (SSSR count). The smallest absolute Gasteiger partial charge is 0.00489 e. The van der Waals surface area contributed by atoms with Crippen molar-refractivity contribution < 1.29 is 0 Å². The fourth-order valence-electron chi connectivity index (χ4n) is 5.37. The summed E-state index contributed by atoms with van der Waals surface area (Å²) in [6.45, 7) is 7.10. The van der Waals surface area contributed by atoms with Crippen LogP contribution in [0.15, 0.2) is 0 Å². The Morgan fingerprint density at radius 3 is 0.600 bits per heavy atom. The van der Waals surface area contributed by atoms with Gasteiger partial charge in [-0.05, 0) is 25.9 Å². The van der Waals surface area contributed by atoms with Crippen LogP contribution in [0.5, 0.6) is 0 Å². The topological polar surface area (TPSA) is 12.0 Å². The van der Waals surface area contributed by atoms with Crippen molar-refractivity contribution in [2.24, 2.45) is 0 Å². The number of rotatable bonds is 32. The van der Waals surface area contributed by atoms with Gasteiger partial charge in [-0.1, -0.05) is 194 Å². The van der Waals surface area contributed by atoms with E-state index < -0.39 is 0 Å². The lowest BCUT2D eigenvalue weighted by atomic mass is 10.0. The zero-order chi connectivity index (χ0) is 25.3. The first-order valence-electron chi connectivity index (χ1n) is 17.1. The van der Waals surface area contributed by atoms with Gasteiger partial charge in [0.15, 0.2) is 0 Å². The lowest BCUT2D eigenvalue weighted by Gasteiger charge is -2.06. The molecule has 1 nitrogen and oxygen atoms in total. The Morgan fingerprint density at radius 2 is 0.400 bits per heavy atom. The second-order valence-corrected chi connectivity index (χ2v) is 11.6. The maximum atomic E-state index is 3.68. The third-order valence-electron chi connectivity index (χ3n) is 7.91. The van der Waals surface area contributed by atoms with E-state index in [-0.39, 0.29) is 0 Å². The van der Waals surface area contributed by atoms with Crippen molar-refractivity contribution in [2.75, 3.05) is 13.1 Å². The molecule has 1 N–H and O–H groups in total. The first-order valence-corrected chi connectivity index (χ1v) is 17.1. The highest BCUT2D eigenvalue weighted by Crippen LogP contribution is 2.14. The van der Waals surface area contributed by atoms with Gasteiger partial charge in [-0.25, -0.2) is 0 Å². The van der Waals surface area contributed by atoms with Gasteiger partial charge in [-0.3, -0.25) is 0 Å². The second kappa shape index (κ2) is 34.0. The van der Waals surface area contributed by atoms with E-state index in [1.807, 2.05) is 0 Å². The van der Waals surface area contributed by atoms with Crippen LogP contribution in [-0.2, 0) is 0 Å². The van der Waals surface area contributed by atoms with E-state index in [2.05, 4.69) is 19.2 Å². The molecule has 0 aromatic rings. The molecular formula is C34H71N. The molecule has 0 aliphatic heterocycles. The second-order valence-electron chi connectivity index (χ2n) is 11.6. The molecule has 0 aromatic heterocycles. The number of nitrogens with one attached hydrogen (secondary N) is 1. The van der Waals surface area contributed by atoms with Crippen LogP contribution in [0.3, 0.4) is 0 Å². The molecule has 35 heavy (non-hydrogen) atoms. The van der Waals surface area contributed by atoms with Gasteiger partial charge in [0.1, 0.15) is 0 Å². The molecule has 0 bridgehead atoms. The Balaban J connectivity index is 3.00. The quantitative estimate of drug-likeness (QED) is 0.0918. The molecule has 0 amide bonds. The average Bonchev–Trinajstić information content (AvgIpc) is 2.87. The van der Waals surface area contributed by atoms with E-state index >= 15 is 0 Å². The maximum Gasteiger partial charge on any atom is -0.00489 e. The Bertz CT molecular complexity index is 307. The van der Waals surface area contributed by atoms with Gasteiger partial charge in [0, 0.05) is 0 Å². The SMILES string of the molecule is CCCCCCCCCCCCCCCCCCCCNCCCCCCCCCCCCCC. The van der Waals surface area contributed by atoms with Gasteiger partial charge >= 0.3 is 0 Å². The predicted molar refractivity (Wildman–Crippen MR) is 163 cm³/mol. The van der Waals surface area contributed by atoms with E-state index in [0.29, 0.717) is 0 Å². The van der Waals surface area contributed by atoms with Crippen molar-refractivity contribution in [1.29, 1.82) is 0 Å². The van der Waals surface area contributed by atoms with Crippen LogP contribution in [0.2, 0.25) is 0 Å².